The average molecular weight is 207 g/mol. The molecule has 0 radical (unpaired) electrons. The number of aliphatic imine (C=N–C) groups is 1. The van der Waals surface area contributed by atoms with E-state index in [0.717, 1.165) is 31.7 Å². The first-order valence-corrected chi connectivity index (χ1v) is 5.06. The Hall–Kier alpha value is -1.18. The summed E-state index contributed by atoms with van der Waals surface area (Å²) >= 11 is 4.46. The molecule has 0 aromatic heterocycles. The number of unbranched alkanes of at least 4 members (excludes halogenated alkanes) is 1. The van der Waals surface area contributed by atoms with Gasteiger partial charge in [-0.15, -0.1) is 0 Å². The van der Waals surface area contributed by atoms with E-state index >= 15 is 0 Å². The normalized spacial score (nSPS) is 9.14. The highest BCUT2D eigenvalue weighted by Gasteiger charge is 1.90. The maximum absolute atomic E-state index is 5.50. The Bertz CT molecular complexity index is 293. The second-order valence-electron chi connectivity index (χ2n) is 2.84. The lowest BCUT2D eigenvalue weighted by Crippen LogP contribution is -1.97. The third-order valence-electron chi connectivity index (χ3n) is 1.74. The van der Waals surface area contributed by atoms with Gasteiger partial charge in [0.25, 0.3) is 0 Å². The van der Waals surface area contributed by atoms with E-state index in [1.807, 2.05) is 30.3 Å². The van der Waals surface area contributed by atoms with Gasteiger partial charge in [0, 0.05) is 6.54 Å². The summed E-state index contributed by atoms with van der Waals surface area (Å²) in [6, 6.07) is 9.81. The summed E-state index contributed by atoms with van der Waals surface area (Å²) in [5, 5.41) is 2.34. The summed E-state index contributed by atoms with van der Waals surface area (Å²) in [5.74, 6) is 0.922. The van der Waals surface area contributed by atoms with E-state index in [-0.39, 0.29) is 0 Å². The average Bonchev–Trinajstić information content (AvgIpc) is 2.25. The molecule has 14 heavy (non-hydrogen) atoms. The van der Waals surface area contributed by atoms with Gasteiger partial charge in [0.2, 0.25) is 0 Å². The van der Waals surface area contributed by atoms with Crippen LogP contribution in [0.5, 0.6) is 5.75 Å². The molecule has 0 spiro atoms. The van der Waals surface area contributed by atoms with Crippen LogP contribution in [-0.2, 0) is 0 Å². The zero-order valence-corrected chi connectivity index (χ0v) is 8.80. The number of hydrogen-bond acceptors (Lipinski definition) is 3. The number of para-hydroxylation sites is 1. The highest BCUT2D eigenvalue weighted by molar-refractivity contribution is 7.78. The van der Waals surface area contributed by atoms with Crippen LogP contribution in [0.4, 0.5) is 0 Å². The molecular weight excluding hydrogens is 194 g/mol. The van der Waals surface area contributed by atoms with E-state index in [9.17, 15) is 0 Å². The van der Waals surface area contributed by atoms with Crippen LogP contribution in [0.3, 0.4) is 0 Å². The summed E-state index contributed by atoms with van der Waals surface area (Å²) in [6.45, 7) is 1.48. The molecule has 0 saturated carbocycles. The van der Waals surface area contributed by atoms with Crippen LogP contribution in [0, 0.1) is 0 Å². The maximum Gasteiger partial charge on any atom is 0.119 e. The van der Waals surface area contributed by atoms with E-state index in [0.29, 0.717) is 0 Å². The Morgan fingerprint density at radius 1 is 1.21 bits per heavy atom. The van der Waals surface area contributed by atoms with E-state index < -0.39 is 0 Å². The van der Waals surface area contributed by atoms with Gasteiger partial charge in [0.1, 0.15) is 5.75 Å². The predicted molar refractivity (Wildman–Crippen MR) is 61.1 cm³/mol. The molecule has 0 aliphatic rings. The van der Waals surface area contributed by atoms with Crippen molar-refractivity contribution < 1.29 is 4.74 Å². The second kappa shape index (κ2) is 7.25. The van der Waals surface area contributed by atoms with Crippen molar-refractivity contribution in [3.05, 3.63) is 30.3 Å². The summed E-state index contributed by atoms with van der Waals surface area (Å²) in [6.07, 6.45) is 1.99. The summed E-state index contributed by atoms with van der Waals surface area (Å²) in [4.78, 5) is 3.83. The first-order valence-electron chi connectivity index (χ1n) is 4.65. The van der Waals surface area contributed by atoms with Crippen LogP contribution in [0.1, 0.15) is 12.8 Å². The molecule has 74 valence electrons. The molecule has 0 N–H and O–H groups in total. The van der Waals surface area contributed by atoms with E-state index in [2.05, 4.69) is 22.4 Å². The fourth-order valence-electron chi connectivity index (χ4n) is 1.05. The number of benzene rings is 1. The van der Waals surface area contributed by atoms with Gasteiger partial charge < -0.3 is 4.74 Å². The number of thiocarbonyl (C=S) groups is 1. The highest BCUT2D eigenvalue weighted by atomic mass is 32.1. The van der Waals surface area contributed by atoms with Gasteiger partial charge in [-0.25, -0.2) is 4.99 Å². The molecule has 0 heterocycles. The van der Waals surface area contributed by atoms with Crippen LogP contribution in [0.15, 0.2) is 35.3 Å². The molecule has 0 aliphatic heterocycles. The van der Waals surface area contributed by atoms with Crippen LogP contribution < -0.4 is 4.74 Å². The first kappa shape index (κ1) is 10.9. The summed E-state index contributed by atoms with van der Waals surface area (Å²) < 4.78 is 5.50. The molecule has 0 aliphatic carbocycles. The van der Waals surface area contributed by atoms with Crippen molar-refractivity contribution in [2.45, 2.75) is 12.8 Å². The number of isothiocyanates is 1. The molecule has 3 heteroatoms. The topological polar surface area (TPSA) is 21.6 Å². The molecule has 1 rings (SSSR count). The molecule has 0 fully saturated rings. The quantitative estimate of drug-likeness (QED) is 0.406. The van der Waals surface area contributed by atoms with Gasteiger partial charge >= 0.3 is 0 Å². The molecule has 0 atom stereocenters. The van der Waals surface area contributed by atoms with Gasteiger partial charge in [-0.2, -0.15) is 0 Å². The first-order chi connectivity index (χ1) is 6.93. The zero-order valence-electron chi connectivity index (χ0n) is 7.98. The minimum Gasteiger partial charge on any atom is -0.494 e. The van der Waals surface area contributed by atoms with Gasteiger partial charge in [0.05, 0.1) is 11.8 Å². The summed E-state index contributed by atoms with van der Waals surface area (Å²) in [7, 11) is 0. The molecule has 0 saturated heterocycles. The standard InChI is InChI=1S/C11H13NOS/c14-10-12-8-4-5-9-13-11-6-2-1-3-7-11/h1-3,6-7H,4-5,8-9H2. The van der Waals surface area contributed by atoms with Gasteiger partial charge in [-0.3, -0.25) is 0 Å². The van der Waals surface area contributed by atoms with Crippen LogP contribution in [-0.4, -0.2) is 18.3 Å². The predicted octanol–water partition coefficient (Wildman–Crippen LogP) is 2.95. The molecule has 0 amide bonds. The highest BCUT2D eigenvalue weighted by Crippen LogP contribution is 2.08. The Balaban J connectivity index is 2.07. The molecule has 1 aromatic rings. The fraction of sp³-hybridized carbons (Fsp3) is 0.364. The SMILES string of the molecule is S=C=NCCCCOc1ccccc1. The number of rotatable bonds is 6. The van der Waals surface area contributed by atoms with Gasteiger partial charge in [0.15, 0.2) is 0 Å². The van der Waals surface area contributed by atoms with Crippen molar-refractivity contribution in [2.75, 3.05) is 13.2 Å². The third-order valence-corrected chi connectivity index (χ3v) is 1.87. The Labute approximate surface area is 89.6 Å². The molecular formula is C11H13NOS. The summed E-state index contributed by atoms with van der Waals surface area (Å²) in [5.41, 5.74) is 0. The lowest BCUT2D eigenvalue weighted by molar-refractivity contribution is 0.308. The van der Waals surface area contributed by atoms with Gasteiger partial charge in [-0.1, -0.05) is 18.2 Å². The van der Waals surface area contributed by atoms with Crippen molar-refractivity contribution in [1.29, 1.82) is 0 Å². The van der Waals surface area contributed by atoms with Crippen molar-refractivity contribution in [2.24, 2.45) is 4.99 Å². The number of hydrogen-bond donors (Lipinski definition) is 0. The van der Waals surface area contributed by atoms with E-state index in [1.54, 1.807) is 0 Å². The monoisotopic (exact) mass is 207 g/mol. The zero-order chi connectivity index (χ0) is 10.1. The Morgan fingerprint density at radius 3 is 2.71 bits per heavy atom. The maximum atomic E-state index is 5.50. The van der Waals surface area contributed by atoms with Crippen LogP contribution in [0.25, 0.3) is 0 Å². The van der Waals surface area contributed by atoms with Crippen molar-refractivity contribution in [1.82, 2.24) is 0 Å². The van der Waals surface area contributed by atoms with Crippen LogP contribution >= 0.6 is 12.2 Å². The number of nitrogens with zero attached hydrogens (tertiary/aromatic N) is 1. The molecule has 2 nitrogen and oxygen atoms in total. The van der Waals surface area contributed by atoms with Crippen molar-refractivity contribution in [3.63, 3.8) is 0 Å². The largest absolute Gasteiger partial charge is 0.494 e. The molecule has 0 unspecified atom stereocenters. The minimum atomic E-state index is 0.733. The minimum absolute atomic E-state index is 0.733. The van der Waals surface area contributed by atoms with Crippen molar-refractivity contribution in [3.8, 4) is 5.75 Å². The van der Waals surface area contributed by atoms with Crippen LogP contribution in [0.2, 0.25) is 0 Å². The Morgan fingerprint density at radius 2 is 2.00 bits per heavy atom. The van der Waals surface area contributed by atoms with E-state index in [1.165, 1.54) is 0 Å². The lowest BCUT2D eigenvalue weighted by Gasteiger charge is -2.03. The third kappa shape index (κ3) is 4.75. The molecule has 0 bridgehead atoms. The molecule has 1 aromatic carbocycles. The fourth-order valence-corrected chi connectivity index (χ4v) is 1.14. The van der Waals surface area contributed by atoms with Crippen molar-refractivity contribution >= 4 is 17.4 Å². The second-order valence-corrected chi connectivity index (χ2v) is 3.02. The smallest absolute Gasteiger partial charge is 0.119 e. The number of ether oxygens (including phenoxy) is 1. The Kier molecular flexibility index (Phi) is 5.64. The van der Waals surface area contributed by atoms with E-state index in [4.69, 9.17) is 4.74 Å². The lowest BCUT2D eigenvalue weighted by atomic mass is 10.3. The van der Waals surface area contributed by atoms with Gasteiger partial charge in [-0.05, 0) is 37.2 Å².